The summed E-state index contributed by atoms with van der Waals surface area (Å²) in [5, 5.41) is 17.6. The van der Waals surface area contributed by atoms with Gasteiger partial charge in [0.2, 0.25) is 23.6 Å². The lowest BCUT2D eigenvalue weighted by molar-refractivity contribution is -0.131. The van der Waals surface area contributed by atoms with Crippen LogP contribution in [-0.4, -0.2) is 52.7 Å². The molecule has 14 heteroatoms. The minimum atomic E-state index is -1.41. The average molecular weight is 826 g/mol. The number of phenolic OH excluding ortho intramolecular Hbond substituents is 1. The molecule has 57 heavy (non-hydrogen) atoms. The molecular weight excluding hydrogens is 787 g/mol. The van der Waals surface area contributed by atoms with Gasteiger partial charge in [-0.1, -0.05) is 40.9 Å². The lowest BCUT2D eigenvalue weighted by atomic mass is 9.51. The fraction of sp³-hybridized carbons (Fsp3) is 0.326. The predicted octanol–water partition coefficient (Wildman–Crippen LogP) is 8.38. The molecule has 4 amide bonds. The third-order valence-electron chi connectivity index (χ3n) is 12.7. The number of nitrogens with zero attached hydrogens (tertiary/aromatic N) is 4. The van der Waals surface area contributed by atoms with E-state index in [0.29, 0.717) is 32.8 Å². The number of aromatic hydroxyl groups is 1. The highest BCUT2D eigenvalue weighted by atomic mass is 35.5. The number of allylic oxidation sites excluding steroid dienone is 2. The third-order valence-corrected chi connectivity index (χ3v) is 14.7. The van der Waals surface area contributed by atoms with Crippen LogP contribution in [0.5, 0.6) is 17.2 Å². The van der Waals surface area contributed by atoms with Gasteiger partial charge in [0.25, 0.3) is 0 Å². The van der Waals surface area contributed by atoms with Gasteiger partial charge in [-0.3, -0.25) is 23.9 Å². The summed E-state index contributed by atoms with van der Waals surface area (Å²) in [5.41, 5.74) is 2.59. The molecule has 292 valence electrons. The number of benzene rings is 3. The molecule has 4 aliphatic rings. The lowest BCUT2D eigenvalue weighted by Gasteiger charge is -2.49. The molecule has 0 spiro atoms. The van der Waals surface area contributed by atoms with Crippen molar-refractivity contribution in [2.24, 2.45) is 36.1 Å². The number of aromatic nitrogens is 2. The van der Waals surface area contributed by atoms with Crippen LogP contribution < -0.4 is 19.3 Å². The number of hydrogen-bond acceptors (Lipinski definition) is 9. The molecule has 4 heterocycles. The Kier molecular flexibility index (Phi) is 8.65. The molecule has 2 aliphatic carbocycles. The normalized spacial score (nSPS) is 25.5. The fourth-order valence-electron chi connectivity index (χ4n) is 9.94. The van der Waals surface area contributed by atoms with Gasteiger partial charge in [-0.15, -0.1) is 11.3 Å². The molecule has 5 aromatic rings. The van der Waals surface area contributed by atoms with Crippen molar-refractivity contribution in [3.63, 3.8) is 0 Å². The van der Waals surface area contributed by atoms with E-state index in [9.17, 15) is 14.7 Å². The molecule has 2 aliphatic heterocycles. The van der Waals surface area contributed by atoms with Crippen LogP contribution in [0.3, 0.4) is 0 Å². The molecule has 3 aromatic carbocycles. The first-order chi connectivity index (χ1) is 27.2. The van der Waals surface area contributed by atoms with Crippen LogP contribution in [0.4, 0.5) is 11.5 Å². The van der Waals surface area contributed by atoms with Crippen molar-refractivity contribution in [2.45, 2.75) is 39.5 Å². The second-order valence-electron chi connectivity index (χ2n) is 15.6. The highest BCUT2D eigenvalue weighted by Crippen LogP contribution is 2.66. The molecule has 6 atom stereocenters. The summed E-state index contributed by atoms with van der Waals surface area (Å²) in [6.07, 6.45) is 2.35. The van der Waals surface area contributed by atoms with Crippen molar-refractivity contribution in [1.82, 2.24) is 9.78 Å². The number of carbonyl (C=O) groups is 4. The maximum Gasteiger partial charge on any atom is 0.242 e. The fourth-order valence-corrected chi connectivity index (χ4v) is 11.4. The van der Waals surface area contributed by atoms with Gasteiger partial charge >= 0.3 is 0 Å². The molecule has 2 saturated heterocycles. The summed E-state index contributed by atoms with van der Waals surface area (Å²) in [7, 11) is 4.62. The zero-order valence-electron chi connectivity index (χ0n) is 31.9. The number of halogens is 2. The Bertz CT molecular complexity index is 2630. The van der Waals surface area contributed by atoms with Crippen molar-refractivity contribution in [2.75, 3.05) is 24.0 Å². The number of amides is 4. The number of aryl methyl sites for hydroxylation is 3. The molecule has 6 unspecified atom stereocenters. The van der Waals surface area contributed by atoms with E-state index in [4.69, 9.17) is 37.8 Å². The van der Waals surface area contributed by atoms with E-state index in [1.54, 1.807) is 54.3 Å². The van der Waals surface area contributed by atoms with Gasteiger partial charge in [0, 0.05) is 51.5 Å². The second-order valence-corrected chi connectivity index (χ2v) is 17.5. The van der Waals surface area contributed by atoms with Crippen molar-refractivity contribution < 1.29 is 33.8 Å². The first-order valence-corrected chi connectivity index (χ1v) is 20.2. The minimum Gasteiger partial charge on any atom is -0.508 e. The van der Waals surface area contributed by atoms with Gasteiger partial charge < -0.3 is 14.6 Å². The SMILES string of the molecule is COc1cc(O)cc(OC)c1C1C2=CCC3C(=O)N(c4ccc(C)c(Cl)c4)C(=O)C3C2CC2C(=O)N(c3cc(-c4sc5ccc(Cl)cc5c4C)nn3C)C(=O)C21C. The van der Waals surface area contributed by atoms with Gasteiger partial charge in [-0.2, -0.15) is 5.10 Å². The monoisotopic (exact) mass is 824 g/mol. The highest BCUT2D eigenvalue weighted by molar-refractivity contribution is 7.22. The summed E-state index contributed by atoms with van der Waals surface area (Å²) in [4.78, 5) is 62.5. The zero-order valence-corrected chi connectivity index (χ0v) is 34.3. The number of hydrogen-bond donors (Lipinski definition) is 1. The predicted molar refractivity (Wildman–Crippen MR) is 218 cm³/mol. The number of anilines is 2. The maximum absolute atomic E-state index is 15.3. The number of rotatable bonds is 6. The number of phenols is 1. The van der Waals surface area contributed by atoms with E-state index in [2.05, 4.69) is 0 Å². The number of methoxy groups -OCH3 is 2. The quantitative estimate of drug-likeness (QED) is 0.134. The standard InChI is InChI=1S/C43H38Cl2N4O7S/c1-19-7-9-22(14-29(19)45)48-39(51)25-11-10-24-27(35(25)41(48)53)17-28-40(52)49(42(54)43(28,3)37(24)36-31(55-5)15-23(50)16-32(36)56-6)34-18-30(46-47(34)4)38-20(2)26-13-21(44)8-12-33(26)57-38/h7-10,12-16,18,25,27-28,35,37,50H,11,17H2,1-6H3. The summed E-state index contributed by atoms with van der Waals surface area (Å²) in [6.45, 7) is 5.63. The Morgan fingerprint density at radius 2 is 1.61 bits per heavy atom. The van der Waals surface area contributed by atoms with Gasteiger partial charge in [0.1, 0.15) is 28.8 Å². The Balaban J connectivity index is 1.19. The second kappa shape index (κ2) is 13.2. The Labute approximate surface area is 342 Å². The number of ether oxygens (including phenoxy) is 2. The van der Waals surface area contributed by atoms with E-state index >= 15 is 9.59 Å². The van der Waals surface area contributed by atoms with E-state index in [0.717, 1.165) is 31.7 Å². The smallest absolute Gasteiger partial charge is 0.242 e. The maximum atomic E-state index is 15.3. The summed E-state index contributed by atoms with van der Waals surface area (Å²) < 4.78 is 14.3. The largest absolute Gasteiger partial charge is 0.508 e. The van der Waals surface area contributed by atoms with Crippen molar-refractivity contribution in [1.29, 1.82) is 0 Å². The molecule has 1 N–H and O–H groups in total. The Morgan fingerprint density at radius 3 is 2.30 bits per heavy atom. The highest BCUT2D eigenvalue weighted by Gasteiger charge is 2.68. The van der Waals surface area contributed by atoms with Gasteiger partial charge in [-0.25, -0.2) is 9.80 Å². The molecule has 9 rings (SSSR count). The third kappa shape index (κ3) is 5.26. The molecule has 1 saturated carbocycles. The van der Waals surface area contributed by atoms with Crippen LogP contribution in [0, 0.1) is 42.9 Å². The molecule has 3 fully saturated rings. The minimum absolute atomic E-state index is 0.111. The van der Waals surface area contributed by atoms with Gasteiger partial charge in [-0.05, 0) is 86.4 Å². The lowest BCUT2D eigenvalue weighted by Crippen LogP contribution is -2.49. The number of carbonyl (C=O) groups excluding carboxylic acids is 4. The number of thiophene rings is 1. The summed E-state index contributed by atoms with van der Waals surface area (Å²) >= 11 is 14.4. The zero-order chi connectivity index (χ0) is 40.4. The van der Waals surface area contributed by atoms with Crippen molar-refractivity contribution in [3.8, 4) is 27.8 Å². The van der Waals surface area contributed by atoms with Crippen LogP contribution in [0.2, 0.25) is 10.0 Å². The first kappa shape index (κ1) is 37.4. The van der Waals surface area contributed by atoms with Gasteiger partial charge in [0.15, 0.2) is 0 Å². The van der Waals surface area contributed by atoms with E-state index in [-0.39, 0.29) is 41.9 Å². The van der Waals surface area contributed by atoms with Crippen molar-refractivity contribution >= 4 is 79.8 Å². The first-order valence-electron chi connectivity index (χ1n) is 18.6. The Hall–Kier alpha value is -5.17. The number of imide groups is 2. The molecule has 11 nitrogen and oxygen atoms in total. The van der Waals surface area contributed by atoms with Gasteiger partial charge in [0.05, 0.1) is 48.0 Å². The van der Waals surface area contributed by atoms with E-state index in [1.165, 1.54) is 36.2 Å². The topological polar surface area (TPSA) is 131 Å². The van der Waals surface area contributed by atoms with Crippen LogP contribution in [0.1, 0.15) is 42.4 Å². The van der Waals surface area contributed by atoms with Crippen LogP contribution in [0.15, 0.2) is 66.2 Å². The van der Waals surface area contributed by atoms with Crippen LogP contribution in [-0.2, 0) is 26.2 Å². The average Bonchev–Trinajstić information content (AvgIpc) is 3.85. The molecule has 0 radical (unpaired) electrons. The molecule has 2 aromatic heterocycles. The molecular formula is C43H38Cl2N4O7S. The van der Waals surface area contributed by atoms with E-state index < -0.39 is 46.8 Å². The molecule has 0 bridgehead atoms. The van der Waals surface area contributed by atoms with E-state index in [1.807, 2.05) is 38.1 Å². The summed E-state index contributed by atoms with van der Waals surface area (Å²) in [6, 6.07) is 15.5. The van der Waals surface area contributed by atoms with Crippen LogP contribution in [0.25, 0.3) is 20.7 Å². The van der Waals surface area contributed by atoms with Crippen LogP contribution >= 0.6 is 34.5 Å². The summed E-state index contributed by atoms with van der Waals surface area (Å²) in [5.74, 6) is -4.72. The Morgan fingerprint density at radius 1 is 0.895 bits per heavy atom. The number of fused-ring (bicyclic) bond motifs is 5. The van der Waals surface area contributed by atoms with Crippen molar-refractivity contribution in [3.05, 3.63) is 93.0 Å².